The predicted octanol–water partition coefficient (Wildman–Crippen LogP) is 2.41. The molecular weight excluding hydrogens is 255 g/mol. The molecule has 2 rings (SSSR count). The van der Waals surface area contributed by atoms with Crippen LogP contribution < -0.4 is 10.6 Å². The zero-order chi connectivity index (χ0) is 14.2. The SMILES string of the molecule is O=C(CCNC1CCCC1)NCCc1ccc(F)cc1. The van der Waals surface area contributed by atoms with Gasteiger partial charge >= 0.3 is 0 Å². The summed E-state index contributed by atoms with van der Waals surface area (Å²) in [6.45, 7) is 1.36. The van der Waals surface area contributed by atoms with E-state index in [-0.39, 0.29) is 11.7 Å². The van der Waals surface area contributed by atoms with Gasteiger partial charge in [-0.3, -0.25) is 4.79 Å². The van der Waals surface area contributed by atoms with Crippen LogP contribution in [-0.2, 0) is 11.2 Å². The first-order valence-corrected chi connectivity index (χ1v) is 7.48. The van der Waals surface area contributed by atoms with Crippen LogP contribution >= 0.6 is 0 Å². The first kappa shape index (κ1) is 15.0. The fourth-order valence-electron chi connectivity index (χ4n) is 2.61. The molecule has 1 aliphatic rings. The molecule has 1 aromatic carbocycles. The summed E-state index contributed by atoms with van der Waals surface area (Å²) >= 11 is 0. The van der Waals surface area contributed by atoms with Crippen LogP contribution in [0.5, 0.6) is 0 Å². The van der Waals surface area contributed by atoms with Crippen molar-refractivity contribution in [3.63, 3.8) is 0 Å². The van der Waals surface area contributed by atoms with Crippen molar-refractivity contribution in [2.75, 3.05) is 13.1 Å². The highest BCUT2D eigenvalue weighted by molar-refractivity contribution is 5.76. The fourth-order valence-corrected chi connectivity index (χ4v) is 2.61. The molecule has 0 aliphatic heterocycles. The van der Waals surface area contributed by atoms with E-state index < -0.39 is 0 Å². The highest BCUT2D eigenvalue weighted by atomic mass is 19.1. The largest absolute Gasteiger partial charge is 0.356 e. The Labute approximate surface area is 120 Å². The van der Waals surface area contributed by atoms with Gasteiger partial charge in [0.1, 0.15) is 5.82 Å². The minimum Gasteiger partial charge on any atom is -0.356 e. The summed E-state index contributed by atoms with van der Waals surface area (Å²) in [6.07, 6.45) is 6.36. The molecule has 0 radical (unpaired) electrons. The maximum absolute atomic E-state index is 12.7. The Hall–Kier alpha value is -1.42. The van der Waals surface area contributed by atoms with Gasteiger partial charge in [0.15, 0.2) is 0 Å². The van der Waals surface area contributed by atoms with E-state index in [1.807, 2.05) is 0 Å². The van der Waals surface area contributed by atoms with Gasteiger partial charge in [0.05, 0.1) is 0 Å². The molecule has 0 bridgehead atoms. The van der Waals surface area contributed by atoms with E-state index in [1.165, 1.54) is 37.8 Å². The number of benzene rings is 1. The maximum atomic E-state index is 12.7. The Morgan fingerprint density at radius 1 is 1.15 bits per heavy atom. The molecule has 1 fully saturated rings. The third-order valence-corrected chi connectivity index (χ3v) is 3.79. The Bertz CT molecular complexity index is 413. The van der Waals surface area contributed by atoms with Gasteiger partial charge in [-0.05, 0) is 37.0 Å². The van der Waals surface area contributed by atoms with Crippen molar-refractivity contribution in [2.45, 2.75) is 44.6 Å². The Balaban J connectivity index is 1.54. The van der Waals surface area contributed by atoms with Crippen molar-refractivity contribution in [1.29, 1.82) is 0 Å². The molecule has 1 amide bonds. The van der Waals surface area contributed by atoms with E-state index in [0.29, 0.717) is 19.0 Å². The number of amides is 1. The van der Waals surface area contributed by atoms with Crippen LogP contribution in [0.15, 0.2) is 24.3 Å². The highest BCUT2D eigenvalue weighted by Crippen LogP contribution is 2.17. The normalized spacial score (nSPS) is 15.4. The van der Waals surface area contributed by atoms with Crippen LogP contribution in [0.3, 0.4) is 0 Å². The summed E-state index contributed by atoms with van der Waals surface area (Å²) in [6, 6.07) is 7.01. The summed E-state index contributed by atoms with van der Waals surface area (Å²) < 4.78 is 12.7. The van der Waals surface area contributed by atoms with Crippen LogP contribution in [0, 0.1) is 5.82 Å². The number of halogens is 1. The van der Waals surface area contributed by atoms with Crippen LogP contribution in [0.1, 0.15) is 37.7 Å². The molecule has 3 nitrogen and oxygen atoms in total. The molecule has 1 aliphatic carbocycles. The van der Waals surface area contributed by atoms with Crippen molar-refractivity contribution < 1.29 is 9.18 Å². The van der Waals surface area contributed by atoms with E-state index in [1.54, 1.807) is 12.1 Å². The van der Waals surface area contributed by atoms with Crippen molar-refractivity contribution in [1.82, 2.24) is 10.6 Å². The maximum Gasteiger partial charge on any atom is 0.221 e. The predicted molar refractivity (Wildman–Crippen MR) is 78.0 cm³/mol. The van der Waals surface area contributed by atoms with Crippen LogP contribution in [0.25, 0.3) is 0 Å². The van der Waals surface area contributed by atoms with Gasteiger partial charge < -0.3 is 10.6 Å². The van der Waals surface area contributed by atoms with E-state index in [9.17, 15) is 9.18 Å². The second-order valence-corrected chi connectivity index (χ2v) is 5.41. The first-order valence-electron chi connectivity index (χ1n) is 7.48. The Kier molecular flexibility index (Phi) is 5.99. The lowest BCUT2D eigenvalue weighted by Gasteiger charge is -2.11. The lowest BCUT2D eigenvalue weighted by molar-refractivity contribution is -0.120. The van der Waals surface area contributed by atoms with Crippen molar-refractivity contribution >= 4 is 5.91 Å². The molecule has 0 aromatic heterocycles. The smallest absolute Gasteiger partial charge is 0.221 e. The van der Waals surface area contributed by atoms with Crippen molar-refractivity contribution in [3.8, 4) is 0 Å². The molecule has 0 saturated heterocycles. The summed E-state index contributed by atoms with van der Waals surface area (Å²) in [5.41, 5.74) is 1.04. The van der Waals surface area contributed by atoms with Gasteiger partial charge in [0.25, 0.3) is 0 Å². The third-order valence-electron chi connectivity index (χ3n) is 3.79. The second kappa shape index (κ2) is 8.00. The third kappa shape index (κ3) is 5.29. The summed E-state index contributed by atoms with van der Waals surface area (Å²) in [5.74, 6) is -0.145. The lowest BCUT2D eigenvalue weighted by Crippen LogP contribution is -2.32. The summed E-state index contributed by atoms with van der Waals surface area (Å²) in [5, 5.41) is 6.32. The second-order valence-electron chi connectivity index (χ2n) is 5.41. The van der Waals surface area contributed by atoms with Crippen LogP contribution in [0.2, 0.25) is 0 Å². The first-order chi connectivity index (χ1) is 9.74. The molecule has 20 heavy (non-hydrogen) atoms. The van der Waals surface area contributed by atoms with E-state index in [2.05, 4.69) is 10.6 Å². The van der Waals surface area contributed by atoms with Crippen molar-refractivity contribution in [2.24, 2.45) is 0 Å². The van der Waals surface area contributed by atoms with Gasteiger partial charge in [0, 0.05) is 25.6 Å². The van der Waals surface area contributed by atoms with E-state index in [0.717, 1.165) is 18.5 Å². The minimum absolute atomic E-state index is 0.0811. The molecule has 0 unspecified atom stereocenters. The van der Waals surface area contributed by atoms with Crippen LogP contribution in [0.4, 0.5) is 4.39 Å². The highest BCUT2D eigenvalue weighted by Gasteiger charge is 2.13. The molecule has 0 atom stereocenters. The number of carbonyl (C=O) groups is 1. The van der Waals surface area contributed by atoms with E-state index >= 15 is 0 Å². The van der Waals surface area contributed by atoms with Crippen molar-refractivity contribution in [3.05, 3.63) is 35.6 Å². The van der Waals surface area contributed by atoms with Gasteiger partial charge in [0.2, 0.25) is 5.91 Å². The molecule has 1 aromatic rings. The number of rotatable bonds is 7. The molecule has 0 heterocycles. The number of hydrogen-bond donors (Lipinski definition) is 2. The summed E-state index contributed by atoms with van der Waals surface area (Å²) in [7, 11) is 0. The average Bonchev–Trinajstić information content (AvgIpc) is 2.94. The quantitative estimate of drug-likeness (QED) is 0.804. The van der Waals surface area contributed by atoms with Gasteiger partial charge in [-0.2, -0.15) is 0 Å². The number of carbonyl (C=O) groups excluding carboxylic acids is 1. The Morgan fingerprint density at radius 3 is 2.55 bits per heavy atom. The molecule has 0 spiro atoms. The number of nitrogens with one attached hydrogen (secondary N) is 2. The molecular formula is C16H23FN2O. The molecule has 2 N–H and O–H groups in total. The molecule has 1 saturated carbocycles. The Morgan fingerprint density at radius 2 is 1.85 bits per heavy atom. The monoisotopic (exact) mass is 278 g/mol. The minimum atomic E-state index is -0.226. The van der Waals surface area contributed by atoms with Gasteiger partial charge in [-0.15, -0.1) is 0 Å². The van der Waals surface area contributed by atoms with Gasteiger partial charge in [-0.1, -0.05) is 25.0 Å². The number of hydrogen-bond acceptors (Lipinski definition) is 2. The summed E-state index contributed by atoms with van der Waals surface area (Å²) in [4.78, 5) is 11.7. The topological polar surface area (TPSA) is 41.1 Å². The molecule has 4 heteroatoms. The fraction of sp³-hybridized carbons (Fsp3) is 0.562. The standard InChI is InChI=1S/C16H23FN2O/c17-14-7-5-13(6-8-14)9-11-19-16(20)10-12-18-15-3-1-2-4-15/h5-8,15,18H,1-4,9-12H2,(H,19,20). The molecule has 110 valence electrons. The van der Waals surface area contributed by atoms with Crippen LogP contribution in [-0.4, -0.2) is 25.0 Å². The zero-order valence-electron chi connectivity index (χ0n) is 11.8. The average molecular weight is 278 g/mol. The zero-order valence-corrected chi connectivity index (χ0v) is 11.8. The van der Waals surface area contributed by atoms with Gasteiger partial charge in [-0.25, -0.2) is 4.39 Å². The van der Waals surface area contributed by atoms with E-state index in [4.69, 9.17) is 0 Å². The lowest BCUT2D eigenvalue weighted by atomic mass is 10.1.